The summed E-state index contributed by atoms with van der Waals surface area (Å²) in [6, 6.07) is 9.42. The van der Waals surface area contributed by atoms with E-state index in [1.807, 2.05) is 0 Å². The van der Waals surface area contributed by atoms with Crippen molar-refractivity contribution in [3.05, 3.63) is 59.3 Å². The zero-order valence-electron chi connectivity index (χ0n) is 16.8. The van der Waals surface area contributed by atoms with E-state index in [0.29, 0.717) is 16.9 Å². The third-order valence-corrected chi connectivity index (χ3v) is 5.67. The van der Waals surface area contributed by atoms with Crippen molar-refractivity contribution >= 4 is 10.0 Å². The molecule has 2 aromatic carbocycles. The fourth-order valence-corrected chi connectivity index (χ4v) is 4.03. The predicted molar refractivity (Wildman–Crippen MR) is 107 cm³/mol. The highest BCUT2D eigenvalue weighted by molar-refractivity contribution is 7.89. The van der Waals surface area contributed by atoms with Gasteiger partial charge in [-0.2, -0.15) is 18.3 Å². The Balaban J connectivity index is 2.27. The molecule has 1 aromatic heterocycles. The number of primary sulfonamides is 1. The van der Waals surface area contributed by atoms with Crippen LogP contribution in [0, 0.1) is 6.92 Å². The average molecular weight is 455 g/mol. The minimum atomic E-state index is -4.70. The van der Waals surface area contributed by atoms with Crippen LogP contribution in [0.15, 0.2) is 47.4 Å². The molecule has 3 N–H and O–H groups in total. The predicted octanol–water partition coefficient (Wildman–Crippen LogP) is 3.58. The maximum Gasteiger partial charge on any atom is 0.435 e. The Labute approximate surface area is 176 Å². The molecule has 1 unspecified atom stereocenters. The quantitative estimate of drug-likeness (QED) is 0.612. The molecule has 1 heterocycles. The highest BCUT2D eigenvalue weighted by atomic mass is 32.2. The lowest BCUT2D eigenvalue weighted by atomic mass is 10.1. The summed E-state index contributed by atoms with van der Waals surface area (Å²) >= 11 is 0. The van der Waals surface area contributed by atoms with Crippen LogP contribution in [0.3, 0.4) is 0 Å². The standard InChI is InChI=1S/C20H20F3N3O4S/c1-11-8-13(4-6-17(11)30-3)16-10-19(20(21,22)23)25-26(16)14-5-7-18(31(24,28)29)15(9-14)12(2)27/h4-10,12,27H,1-3H3,(H2,24,28,29). The molecule has 1 atom stereocenters. The zero-order valence-corrected chi connectivity index (χ0v) is 17.6. The summed E-state index contributed by atoms with van der Waals surface area (Å²) in [5, 5.41) is 18.9. The third kappa shape index (κ3) is 4.58. The number of sulfonamides is 1. The number of nitrogens with zero attached hydrogens (tertiary/aromatic N) is 2. The number of aliphatic hydroxyl groups is 1. The SMILES string of the molecule is COc1ccc(-c2cc(C(F)(F)F)nn2-c2ccc(S(N)(=O)=O)c(C(C)O)c2)cc1C. The molecule has 0 aliphatic heterocycles. The van der Waals surface area contributed by atoms with Gasteiger partial charge in [-0.15, -0.1) is 0 Å². The first-order valence-corrected chi connectivity index (χ1v) is 10.5. The molecule has 0 radical (unpaired) electrons. The van der Waals surface area contributed by atoms with Gasteiger partial charge in [-0.05, 0) is 61.9 Å². The van der Waals surface area contributed by atoms with Crippen molar-refractivity contribution < 1.29 is 31.4 Å². The van der Waals surface area contributed by atoms with E-state index < -0.39 is 28.0 Å². The molecule has 11 heteroatoms. The first kappa shape index (κ1) is 22.8. The van der Waals surface area contributed by atoms with Gasteiger partial charge in [0.15, 0.2) is 5.69 Å². The Morgan fingerprint density at radius 2 is 1.84 bits per heavy atom. The molecule has 0 bridgehead atoms. The van der Waals surface area contributed by atoms with E-state index in [1.165, 1.54) is 26.2 Å². The summed E-state index contributed by atoms with van der Waals surface area (Å²) in [5.74, 6) is 0.569. The van der Waals surface area contributed by atoms with Crippen LogP contribution in [0.1, 0.15) is 29.8 Å². The lowest BCUT2D eigenvalue weighted by Crippen LogP contribution is -2.16. The lowest BCUT2D eigenvalue weighted by Gasteiger charge is -2.15. The number of methoxy groups -OCH3 is 1. The summed E-state index contributed by atoms with van der Waals surface area (Å²) in [7, 11) is -2.67. The maximum atomic E-state index is 13.4. The average Bonchev–Trinajstić information content (AvgIpc) is 3.12. The summed E-state index contributed by atoms with van der Waals surface area (Å²) in [6.45, 7) is 3.08. The van der Waals surface area contributed by atoms with Crippen LogP contribution in [-0.4, -0.2) is 30.4 Å². The number of rotatable bonds is 5. The number of halogens is 3. The van der Waals surface area contributed by atoms with Crippen LogP contribution in [-0.2, 0) is 16.2 Å². The van der Waals surface area contributed by atoms with Crippen LogP contribution in [0.25, 0.3) is 16.9 Å². The molecule has 0 saturated heterocycles. The number of aromatic nitrogens is 2. The van der Waals surface area contributed by atoms with Gasteiger partial charge in [0.2, 0.25) is 10.0 Å². The summed E-state index contributed by atoms with van der Waals surface area (Å²) < 4.78 is 70.1. The van der Waals surface area contributed by atoms with Crippen molar-refractivity contribution in [2.45, 2.75) is 31.0 Å². The molecule has 166 valence electrons. The van der Waals surface area contributed by atoms with Gasteiger partial charge in [0.05, 0.1) is 29.5 Å². The fraction of sp³-hybridized carbons (Fsp3) is 0.250. The van der Waals surface area contributed by atoms with E-state index in [9.17, 15) is 26.7 Å². The Kier molecular flexibility index (Phi) is 5.87. The van der Waals surface area contributed by atoms with E-state index in [4.69, 9.17) is 9.88 Å². The number of hydrogen-bond donors (Lipinski definition) is 2. The second kappa shape index (κ2) is 7.98. The van der Waals surface area contributed by atoms with Gasteiger partial charge in [-0.25, -0.2) is 18.2 Å². The maximum absolute atomic E-state index is 13.4. The molecular weight excluding hydrogens is 435 g/mol. The first-order chi connectivity index (χ1) is 14.3. The molecule has 0 fully saturated rings. The van der Waals surface area contributed by atoms with Gasteiger partial charge in [0.1, 0.15) is 5.75 Å². The molecule has 31 heavy (non-hydrogen) atoms. The number of nitrogens with two attached hydrogens (primary N) is 1. The number of aliphatic hydroxyl groups excluding tert-OH is 1. The van der Waals surface area contributed by atoms with Crippen molar-refractivity contribution in [1.82, 2.24) is 9.78 Å². The third-order valence-electron chi connectivity index (χ3n) is 4.68. The molecule has 3 rings (SSSR count). The molecule has 0 aliphatic rings. The Morgan fingerprint density at radius 3 is 2.35 bits per heavy atom. The van der Waals surface area contributed by atoms with Gasteiger partial charge < -0.3 is 9.84 Å². The van der Waals surface area contributed by atoms with E-state index in [-0.39, 0.29) is 21.8 Å². The molecular formula is C20H20F3N3O4S. The topological polar surface area (TPSA) is 107 Å². The van der Waals surface area contributed by atoms with Crippen LogP contribution in [0.4, 0.5) is 13.2 Å². The van der Waals surface area contributed by atoms with Gasteiger partial charge in [0, 0.05) is 11.1 Å². The Hall–Kier alpha value is -2.89. The largest absolute Gasteiger partial charge is 0.496 e. The molecule has 0 spiro atoms. The van der Waals surface area contributed by atoms with E-state index >= 15 is 0 Å². The summed E-state index contributed by atoms with van der Waals surface area (Å²) in [5.41, 5.74) is 0.220. The van der Waals surface area contributed by atoms with Gasteiger partial charge in [0.25, 0.3) is 0 Å². The second-order valence-corrected chi connectivity index (χ2v) is 8.48. The van der Waals surface area contributed by atoms with Crippen LogP contribution < -0.4 is 9.88 Å². The minimum absolute atomic E-state index is 0.0547. The number of aryl methyl sites for hydroxylation is 1. The van der Waals surface area contributed by atoms with Gasteiger partial charge in [-0.3, -0.25) is 0 Å². The van der Waals surface area contributed by atoms with Crippen molar-refractivity contribution in [2.24, 2.45) is 5.14 Å². The normalized spacial score (nSPS) is 13.3. The van der Waals surface area contributed by atoms with Crippen molar-refractivity contribution in [2.75, 3.05) is 7.11 Å². The van der Waals surface area contributed by atoms with Crippen LogP contribution in [0.2, 0.25) is 0 Å². The smallest absolute Gasteiger partial charge is 0.435 e. The number of alkyl halides is 3. The van der Waals surface area contributed by atoms with Crippen LogP contribution in [0.5, 0.6) is 5.75 Å². The molecule has 0 aliphatic carbocycles. The number of benzene rings is 2. The van der Waals surface area contributed by atoms with E-state index in [2.05, 4.69) is 5.10 Å². The summed E-state index contributed by atoms with van der Waals surface area (Å²) in [4.78, 5) is -0.323. The molecule has 7 nitrogen and oxygen atoms in total. The number of ether oxygens (including phenoxy) is 1. The van der Waals surface area contributed by atoms with Crippen molar-refractivity contribution in [3.8, 4) is 22.7 Å². The minimum Gasteiger partial charge on any atom is -0.496 e. The van der Waals surface area contributed by atoms with Crippen molar-refractivity contribution in [1.29, 1.82) is 0 Å². The van der Waals surface area contributed by atoms with E-state index in [0.717, 1.165) is 16.8 Å². The molecule has 3 aromatic rings. The van der Waals surface area contributed by atoms with Crippen LogP contribution >= 0.6 is 0 Å². The highest BCUT2D eigenvalue weighted by Gasteiger charge is 2.35. The monoisotopic (exact) mass is 455 g/mol. The van der Waals surface area contributed by atoms with E-state index in [1.54, 1.807) is 25.1 Å². The fourth-order valence-electron chi connectivity index (χ4n) is 3.21. The molecule has 0 saturated carbocycles. The lowest BCUT2D eigenvalue weighted by molar-refractivity contribution is -0.141. The number of hydrogen-bond acceptors (Lipinski definition) is 5. The summed E-state index contributed by atoms with van der Waals surface area (Å²) in [6.07, 6.45) is -5.94. The van der Waals surface area contributed by atoms with Crippen molar-refractivity contribution in [3.63, 3.8) is 0 Å². The Morgan fingerprint density at radius 1 is 1.16 bits per heavy atom. The zero-order chi connectivity index (χ0) is 23.1. The van der Waals surface area contributed by atoms with Gasteiger partial charge >= 0.3 is 6.18 Å². The van der Waals surface area contributed by atoms with Gasteiger partial charge in [-0.1, -0.05) is 0 Å². The Bertz CT molecular complexity index is 1230. The highest BCUT2D eigenvalue weighted by Crippen LogP contribution is 2.35. The second-order valence-electron chi connectivity index (χ2n) is 6.95. The molecule has 0 amide bonds. The first-order valence-electron chi connectivity index (χ1n) is 9.00.